The van der Waals surface area contributed by atoms with Crippen LogP contribution < -0.4 is 5.46 Å². The Morgan fingerprint density at radius 3 is 2.15 bits per heavy atom. The van der Waals surface area contributed by atoms with Gasteiger partial charge in [-0.25, -0.2) is 14.8 Å². The van der Waals surface area contributed by atoms with Gasteiger partial charge >= 0.3 is 13.1 Å². The number of nitrogens with zero attached hydrogens (tertiary/aromatic N) is 2. The fourth-order valence-corrected chi connectivity index (χ4v) is 1.74. The predicted molar refractivity (Wildman–Crippen MR) is 73.7 cm³/mol. The summed E-state index contributed by atoms with van der Waals surface area (Å²) >= 11 is 0. The van der Waals surface area contributed by atoms with E-state index >= 15 is 0 Å². The fourth-order valence-electron chi connectivity index (χ4n) is 1.74. The Hall–Kier alpha value is -1.47. The van der Waals surface area contributed by atoms with Crippen molar-refractivity contribution in [3.63, 3.8) is 0 Å². The van der Waals surface area contributed by atoms with Gasteiger partial charge < -0.3 is 14.0 Å². The summed E-state index contributed by atoms with van der Waals surface area (Å²) in [6.07, 6.45) is 3.06. The zero-order valence-corrected chi connectivity index (χ0v) is 12.5. The molecule has 0 saturated carbocycles. The van der Waals surface area contributed by atoms with Gasteiger partial charge in [-0.05, 0) is 34.6 Å². The van der Waals surface area contributed by atoms with E-state index in [1.807, 2.05) is 27.7 Å². The fraction of sp³-hybridized carbons (Fsp3) is 0.615. The van der Waals surface area contributed by atoms with Gasteiger partial charge in [0.1, 0.15) is 0 Å². The van der Waals surface area contributed by atoms with E-state index in [9.17, 15) is 4.79 Å². The third-order valence-electron chi connectivity index (χ3n) is 3.66. The van der Waals surface area contributed by atoms with E-state index in [1.54, 1.807) is 6.92 Å². The van der Waals surface area contributed by atoms with Gasteiger partial charge in [-0.3, -0.25) is 0 Å². The lowest BCUT2D eigenvalue weighted by molar-refractivity contribution is 0.00578. The quantitative estimate of drug-likeness (QED) is 0.605. The molecule has 1 aliphatic rings. The summed E-state index contributed by atoms with van der Waals surface area (Å²) < 4.78 is 16.6. The summed E-state index contributed by atoms with van der Waals surface area (Å²) in [4.78, 5) is 19.5. The van der Waals surface area contributed by atoms with Crippen LogP contribution in [0.25, 0.3) is 0 Å². The Morgan fingerprint density at radius 2 is 1.70 bits per heavy atom. The standard InChI is InChI=1S/C13H19BN2O4/c1-6-18-11(17)10-15-7-9(8-16-10)14-19-12(2,3)13(4,5)20-14/h7-8H,6H2,1-5H3. The first-order valence-corrected chi connectivity index (χ1v) is 6.61. The van der Waals surface area contributed by atoms with Gasteiger partial charge in [0, 0.05) is 17.9 Å². The van der Waals surface area contributed by atoms with Crippen molar-refractivity contribution >= 4 is 18.6 Å². The third kappa shape index (κ3) is 2.69. The molecule has 6 nitrogen and oxygen atoms in total. The van der Waals surface area contributed by atoms with Crippen LogP contribution in [0.2, 0.25) is 0 Å². The second kappa shape index (κ2) is 5.14. The average Bonchev–Trinajstić information content (AvgIpc) is 2.59. The number of carbonyl (C=O) groups is 1. The molecule has 1 saturated heterocycles. The van der Waals surface area contributed by atoms with Crippen LogP contribution in [0.4, 0.5) is 0 Å². The van der Waals surface area contributed by atoms with E-state index < -0.39 is 24.3 Å². The average molecular weight is 278 g/mol. The maximum Gasteiger partial charge on any atom is 0.498 e. The Kier molecular flexibility index (Phi) is 3.84. The monoisotopic (exact) mass is 278 g/mol. The van der Waals surface area contributed by atoms with E-state index in [4.69, 9.17) is 14.0 Å². The van der Waals surface area contributed by atoms with E-state index in [0.717, 1.165) is 0 Å². The molecule has 0 radical (unpaired) electrons. The van der Waals surface area contributed by atoms with Crippen LogP contribution in [-0.4, -0.2) is 40.9 Å². The second-order valence-corrected chi connectivity index (χ2v) is 5.65. The van der Waals surface area contributed by atoms with Crippen molar-refractivity contribution in [2.24, 2.45) is 0 Å². The highest BCUT2D eigenvalue weighted by atomic mass is 16.7. The molecule has 0 aliphatic carbocycles. The minimum absolute atomic E-state index is 0.0344. The van der Waals surface area contributed by atoms with Gasteiger partial charge in [0.05, 0.1) is 17.8 Å². The molecule has 2 heterocycles. The van der Waals surface area contributed by atoms with Gasteiger partial charge in [-0.2, -0.15) is 0 Å². The molecule has 0 amide bonds. The van der Waals surface area contributed by atoms with Gasteiger partial charge in [0.25, 0.3) is 0 Å². The van der Waals surface area contributed by atoms with E-state index in [0.29, 0.717) is 12.1 Å². The first-order valence-electron chi connectivity index (χ1n) is 6.61. The lowest BCUT2D eigenvalue weighted by Crippen LogP contribution is -2.41. The van der Waals surface area contributed by atoms with Crippen LogP contribution in [0.5, 0.6) is 0 Å². The lowest BCUT2D eigenvalue weighted by atomic mass is 9.81. The van der Waals surface area contributed by atoms with Crippen LogP contribution in [0.1, 0.15) is 45.2 Å². The number of ether oxygens (including phenoxy) is 1. The maximum atomic E-state index is 11.5. The molecule has 1 aliphatic heterocycles. The van der Waals surface area contributed by atoms with Crippen molar-refractivity contribution in [1.29, 1.82) is 0 Å². The van der Waals surface area contributed by atoms with Crippen molar-refractivity contribution < 1.29 is 18.8 Å². The molecular weight excluding hydrogens is 259 g/mol. The number of rotatable bonds is 3. The third-order valence-corrected chi connectivity index (χ3v) is 3.66. The Bertz CT molecular complexity index is 486. The smallest absolute Gasteiger partial charge is 0.460 e. The van der Waals surface area contributed by atoms with Crippen LogP contribution in [0.15, 0.2) is 12.4 Å². The van der Waals surface area contributed by atoms with E-state index in [-0.39, 0.29) is 5.82 Å². The van der Waals surface area contributed by atoms with E-state index in [2.05, 4.69) is 9.97 Å². The molecule has 0 atom stereocenters. The summed E-state index contributed by atoms with van der Waals surface area (Å²) in [6, 6.07) is 0. The first-order chi connectivity index (χ1) is 9.27. The molecule has 2 rings (SSSR count). The summed E-state index contributed by atoms with van der Waals surface area (Å²) in [7, 11) is -0.531. The number of aromatic nitrogens is 2. The number of hydrogen-bond donors (Lipinski definition) is 0. The van der Waals surface area contributed by atoms with Crippen molar-refractivity contribution in [1.82, 2.24) is 9.97 Å². The zero-order chi connectivity index (χ0) is 15.0. The number of esters is 1. The molecule has 0 spiro atoms. The minimum Gasteiger partial charge on any atom is -0.460 e. The van der Waals surface area contributed by atoms with Gasteiger partial charge in [0.2, 0.25) is 5.82 Å². The predicted octanol–water partition coefficient (Wildman–Crippen LogP) is 0.952. The molecule has 1 fully saturated rings. The zero-order valence-electron chi connectivity index (χ0n) is 12.5. The molecule has 7 heteroatoms. The lowest BCUT2D eigenvalue weighted by Gasteiger charge is -2.32. The van der Waals surface area contributed by atoms with Gasteiger partial charge in [0.15, 0.2) is 0 Å². The first kappa shape index (κ1) is 14.9. The maximum absolute atomic E-state index is 11.5. The SMILES string of the molecule is CCOC(=O)c1ncc(B2OC(C)(C)C(C)(C)O2)cn1. The van der Waals surface area contributed by atoms with Crippen molar-refractivity contribution in [3.8, 4) is 0 Å². The normalized spacial score (nSPS) is 19.9. The highest BCUT2D eigenvalue weighted by Gasteiger charge is 2.51. The summed E-state index contributed by atoms with van der Waals surface area (Å²) in [5.74, 6) is -0.500. The molecule has 0 unspecified atom stereocenters. The second-order valence-electron chi connectivity index (χ2n) is 5.65. The summed E-state index contributed by atoms with van der Waals surface area (Å²) in [5, 5.41) is 0. The van der Waals surface area contributed by atoms with Gasteiger partial charge in [-0.15, -0.1) is 0 Å². The van der Waals surface area contributed by atoms with E-state index in [1.165, 1.54) is 12.4 Å². The Balaban J connectivity index is 2.14. The molecule has 0 N–H and O–H groups in total. The topological polar surface area (TPSA) is 70.5 Å². The largest absolute Gasteiger partial charge is 0.498 e. The molecule has 108 valence electrons. The molecular formula is C13H19BN2O4. The van der Waals surface area contributed by atoms with Crippen molar-refractivity contribution in [2.75, 3.05) is 6.61 Å². The van der Waals surface area contributed by atoms with Crippen LogP contribution in [0.3, 0.4) is 0 Å². The molecule has 1 aromatic heterocycles. The number of carbonyl (C=O) groups excluding carboxylic acids is 1. The molecule has 0 aromatic carbocycles. The van der Waals surface area contributed by atoms with Crippen LogP contribution in [0, 0.1) is 0 Å². The Morgan fingerprint density at radius 1 is 1.20 bits per heavy atom. The minimum atomic E-state index is -0.534. The highest BCUT2D eigenvalue weighted by molar-refractivity contribution is 6.61. The molecule has 20 heavy (non-hydrogen) atoms. The van der Waals surface area contributed by atoms with Crippen LogP contribution >= 0.6 is 0 Å². The molecule has 0 bridgehead atoms. The highest BCUT2D eigenvalue weighted by Crippen LogP contribution is 2.36. The molecule has 1 aromatic rings. The Labute approximate surface area is 119 Å². The number of hydrogen-bond acceptors (Lipinski definition) is 6. The summed E-state index contributed by atoms with van der Waals surface area (Å²) in [5.41, 5.74) is -0.161. The van der Waals surface area contributed by atoms with Crippen LogP contribution in [-0.2, 0) is 14.0 Å². The van der Waals surface area contributed by atoms with Gasteiger partial charge in [-0.1, -0.05) is 0 Å². The van der Waals surface area contributed by atoms with Crippen molar-refractivity contribution in [2.45, 2.75) is 45.8 Å². The summed E-state index contributed by atoms with van der Waals surface area (Å²) in [6.45, 7) is 9.92. The van der Waals surface area contributed by atoms with Crippen molar-refractivity contribution in [3.05, 3.63) is 18.2 Å².